The largest absolute Gasteiger partial charge is 0.478 e. The van der Waals surface area contributed by atoms with Gasteiger partial charge >= 0.3 is 18.2 Å². The lowest BCUT2D eigenvalue weighted by Crippen LogP contribution is -2.14. The molecule has 2 N–H and O–H groups in total. The van der Waals surface area contributed by atoms with Gasteiger partial charge in [0, 0.05) is 0 Å². The molecule has 5 nitrogen and oxygen atoms in total. The van der Waals surface area contributed by atoms with Crippen LogP contribution in [0.25, 0.3) is 0 Å². The van der Waals surface area contributed by atoms with Gasteiger partial charge in [0.05, 0.1) is 5.56 Å². The van der Waals surface area contributed by atoms with Gasteiger partial charge in [-0.1, -0.05) is 30.3 Å². The second kappa shape index (κ2) is 6.91. The van der Waals surface area contributed by atoms with E-state index in [1.807, 2.05) is 0 Å². The smallest absolute Gasteiger partial charge is 0.425 e. The zero-order valence-corrected chi connectivity index (χ0v) is 13.1. The van der Waals surface area contributed by atoms with Crippen molar-refractivity contribution < 1.29 is 32.6 Å². The van der Waals surface area contributed by atoms with Crippen LogP contribution in [0.1, 0.15) is 26.4 Å². The van der Waals surface area contributed by atoms with E-state index >= 15 is 0 Å². The zero-order valence-electron chi connectivity index (χ0n) is 12.3. The van der Waals surface area contributed by atoms with Crippen LogP contribution >= 0.6 is 11.3 Å². The van der Waals surface area contributed by atoms with E-state index in [1.54, 1.807) is 30.3 Å². The van der Waals surface area contributed by atoms with Gasteiger partial charge in [-0.2, -0.15) is 13.2 Å². The number of carbonyl (C=O) groups is 2. The van der Waals surface area contributed by atoms with Crippen LogP contribution in [0.15, 0.2) is 30.3 Å². The van der Waals surface area contributed by atoms with Crippen molar-refractivity contribution in [3.05, 3.63) is 51.9 Å². The van der Waals surface area contributed by atoms with Crippen molar-refractivity contribution in [2.24, 2.45) is 0 Å². The van der Waals surface area contributed by atoms with Gasteiger partial charge in [0.2, 0.25) is 0 Å². The molecule has 0 fully saturated rings. The van der Waals surface area contributed by atoms with Crippen molar-refractivity contribution in [1.29, 1.82) is 0 Å². The standard InChI is InChI=1S/C15H12F3NO4S/c1-8-10(13(20)21)12(24-11(8)15(16,17)18)19-14(22)23-7-9-5-3-2-4-6-9/h2-6H,7H2,1H3,(H,19,22)(H,20,21). The molecule has 0 atom stereocenters. The molecule has 24 heavy (non-hydrogen) atoms. The predicted molar refractivity (Wildman–Crippen MR) is 81.3 cm³/mol. The molecular formula is C15H12F3NO4S. The lowest BCUT2D eigenvalue weighted by Gasteiger charge is -2.06. The van der Waals surface area contributed by atoms with E-state index in [9.17, 15) is 22.8 Å². The van der Waals surface area contributed by atoms with Gasteiger partial charge < -0.3 is 9.84 Å². The van der Waals surface area contributed by atoms with E-state index in [2.05, 4.69) is 5.32 Å². The molecule has 1 aromatic heterocycles. The third-order valence-corrected chi connectivity index (χ3v) is 4.30. The van der Waals surface area contributed by atoms with E-state index in [1.165, 1.54) is 0 Å². The summed E-state index contributed by atoms with van der Waals surface area (Å²) in [6.45, 7) is 0.953. The highest BCUT2D eigenvalue weighted by atomic mass is 32.1. The summed E-state index contributed by atoms with van der Waals surface area (Å²) in [5, 5.41) is 10.8. The van der Waals surface area contributed by atoms with Crippen LogP contribution < -0.4 is 5.32 Å². The average molecular weight is 359 g/mol. The molecule has 9 heteroatoms. The number of carbonyl (C=O) groups excluding carboxylic acids is 1. The molecule has 2 aromatic rings. The topological polar surface area (TPSA) is 75.6 Å². The highest BCUT2D eigenvalue weighted by Crippen LogP contribution is 2.43. The second-order valence-corrected chi connectivity index (χ2v) is 5.77. The summed E-state index contributed by atoms with van der Waals surface area (Å²) in [4.78, 5) is 21.8. The van der Waals surface area contributed by atoms with Crippen LogP contribution in [0.3, 0.4) is 0 Å². The van der Waals surface area contributed by atoms with Crippen LogP contribution in [0.5, 0.6) is 0 Å². The van der Waals surface area contributed by atoms with Crippen molar-refractivity contribution in [3.63, 3.8) is 0 Å². The molecule has 128 valence electrons. The van der Waals surface area contributed by atoms with Crippen molar-refractivity contribution >= 4 is 28.4 Å². The molecule has 0 unspecified atom stereocenters. The van der Waals surface area contributed by atoms with Gasteiger partial charge in [-0.25, -0.2) is 9.59 Å². The Balaban J connectivity index is 2.16. The molecule has 0 aliphatic rings. The summed E-state index contributed by atoms with van der Waals surface area (Å²) >= 11 is 0.154. The molecule has 1 aromatic carbocycles. The molecule has 0 aliphatic carbocycles. The van der Waals surface area contributed by atoms with Crippen molar-refractivity contribution in [2.45, 2.75) is 19.7 Å². The Morgan fingerprint density at radius 1 is 1.25 bits per heavy atom. The van der Waals surface area contributed by atoms with E-state index in [0.717, 1.165) is 6.92 Å². The van der Waals surface area contributed by atoms with Crippen LogP contribution in [0.4, 0.5) is 23.0 Å². The quantitative estimate of drug-likeness (QED) is 0.841. The first-order valence-electron chi connectivity index (χ1n) is 6.61. The van der Waals surface area contributed by atoms with Crippen LogP contribution in [0.2, 0.25) is 0 Å². The van der Waals surface area contributed by atoms with Gasteiger partial charge in [0.1, 0.15) is 16.5 Å². The Morgan fingerprint density at radius 2 is 1.88 bits per heavy atom. The van der Waals surface area contributed by atoms with Gasteiger partial charge in [-0.15, -0.1) is 11.3 Å². The summed E-state index contributed by atoms with van der Waals surface area (Å²) in [7, 11) is 0. The Bertz CT molecular complexity index is 756. The fourth-order valence-corrected chi connectivity index (χ4v) is 3.03. The number of benzene rings is 1. The molecule has 0 aliphatic heterocycles. The molecule has 0 saturated carbocycles. The number of hydrogen-bond donors (Lipinski definition) is 2. The summed E-state index contributed by atoms with van der Waals surface area (Å²) in [6.07, 6.45) is -5.73. The lowest BCUT2D eigenvalue weighted by atomic mass is 10.1. The molecule has 1 heterocycles. The fraction of sp³-hybridized carbons (Fsp3) is 0.200. The molecule has 0 radical (unpaired) electrons. The normalized spacial score (nSPS) is 11.2. The van der Waals surface area contributed by atoms with Gasteiger partial charge in [-0.3, -0.25) is 5.32 Å². The number of anilines is 1. The maximum absolute atomic E-state index is 12.9. The minimum atomic E-state index is -4.70. The van der Waals surface area contributed by atoms with Crippen molar-refractivity contribution in [2.75, 3.05) is 5.32 Å². The number of rotatable bonds is 4. The number of carboxylic acid groups (broad SMARTS) is 1. The molecule has 0 spiro atoms. The van der Waals surface area contributed by atoms with Gasteiger partial charge in [0.25, 0.3) is 0 Å². The first-order valence-corrected chi connectivity index (χ1v) is 7.43. The number of amides is 1. The minimum Gasteiger partial charge on any atom is -0.478 e. The van der Waals surface area contributed by atoms with E-state index in [4.69, 9.17) is 9.84 Å². The first-order chi connectivity index (χ1) is 11.2. The van der Waals surface area contributed by atoms with Gasteiger partial charge in [0.15, 0.2) is 0 Å². The molecule has 0 saturated heterocycles. The van der Waals surface area contributed by atoms with E-state index in [0.29, 0.717) is 5.56 Å². The number of hydrogen-bond acceptors (Lipinski definition) is 4. The van der Waals surface area contributed by atoms with Crippen molar-refractivity contribution in [3.8, 4) is 0 Å². The highest BCUT2D eigenvalue weighted by molar-refractivity contribution is 7.17. The maximum Gasteiger partial charge on any atom is 0.425 e. The monoisotopic (exact) mass is 359 g/mol. The molecule has 2 rings (SSSR count). The molecule has 1 amide bonds. The van der Waals surface area contributed by atoms with E-state index in [-0.39, 0.29) is 17.9 Å². The van der Waals surface area contributed by atoms with Crippen molar-refractivity contribution in [1.82, 2.24) is 0 Å². The number of halogens is 3. The highest BCUT2D eigenvalue weighted by Gasteiger charge is 2.38. The molecule has 0 bridgehead atoms. The number of nitrogens with one attached hydrogen (secondary N) is 1. The SMILES string of the molecule is Cc1c(C(F)(F)F)sc(NC(=O)OCc2ccccc2)c1C(=O)O. The van der Waals surface area contributed by atoms with Crippen LogP contribution in [-0.4, -0.2) is 17.2 Å². The van der Waals surface area contributed by atoms with Crippen LogP contribution in [-0.2, 0) is 17.5 Å². The summed E-state index contributed by atoms with van der Waals surface area (Å²) in [5.74, 6) is -1.56. The number of aromatic carboxylic acids is 1. The summed E-state index contributed by atoms with van der Waals surface area (Å²) in [6, 6.07) is 8.64. The minimum absolute atomic E-state index is 0.0917. The average Bonchev–Trinajstić information content (AvgIpc) is 2.83. The predicted octanol–water partition coefficient (Wildman–Crippen LogP) is 4.52. The van der Waals surface area contributed by atoms with E-state index < -0.39 is 39.2 Å². The lowest BCUT2D eigenvalue weighted by molar-refractivity contribution is -0.134. The Kier molecular flexibility index (Phi) is 5.13. The second-order valence-electron chi connectivity index (χ2n) is 4.75. The Hall–Kier alpha value is -2.55. The van der Waals surface area contributed by atoms with Gasteiger partial charge in [-0.05, 0) is 18.1 Å². The summed E-state index contributed by atoms with van der Waals surface area (Å²) in [5.41, 5.74) is -0.355. The zero-order chi connectivity index (χ0) is 17.9. The Labute approximate surface area is 138 Å². The fourth-order valence-electron chi connectivity index (χ4n) is 1.98. The third kappa shape index (κ3) is 4.05. The maximum atomic E-state index is 12.9. The number of carboxylic acids is 1. The number of ether oxygens (including phenoxy) is 1. The Morgan fingerprint density at radius 3 is 2.42 bits per heavy atom. The first kappa shape index (κ1) is 17.8. The third-order valence-electron chi connectivity index (χ3n) is 3.05. The van der Waals surface area contributed by atoms with Crippen LogP contribution in [0, 0.1) is 6.92 Å². The number of alkyl halides is 3. The number of thiophene rings is 1. The molecular weight excluding hydrogens is 347 g/mol. The summed E-state index contributed by atoms with van der Waals surface area (Å²) < 4.78 is 43.5.